The smallest absolute Gasteiger partial charge is 0.258 e. The number of benzene rings is 8. The Morgan fingerprint density at radius 2 is 0.914 bits per heavy atom. The molecule has 0 N–H and O–H groups in total. The number of ether oxygens (including phenoxy) is 2. The van der Waals surface area contributed by atoms with Crippen LogP contribution in [-0.4, -0.2) is 13.4 Å². The maximum atomic E-state index is 6.95. The van der Waals surface area contributed by atoms with Crippen LogP contribution in [0.4, 0.5) is 33.4 Å². The molecule has 0 fully saturated rings. The molecule has 0 amide bonds. The molecule has 0 spiro atoms. The highest BCUT2D eigenvalue weighted by molar-refractivity contribution is 7.27. The molecule has 4 nitrogen and oxygen atoms in total. The number of rotatable bonds is 2. The summed E-state index contributed by atoms with van der Waals surface area (Å²) < 4.78 is 17.6. The van der Waals surface area contributed by atoms with E-state index in [4.69, 9.17) is 9.47 Å². The van der Waals surface area contributed by atoms with Gasteiger partial charge in [-0.05, 0) is 111 Å². The summed E-state index contributed by atoms with van der Waals surface area (Å²) in [5, 5.41) is 5.08. The number of thiophene rings is 2. The molecular weight excluding hydrogens is 746 g/mol. The summed E-state index contributed by atoms with van der Waals surface area (Å²) in [5.74, 6) is 3.71. The van der Waals surface area contributed by atoms with E-state index in [1.54, 1.807) is 0 Å². The number of hydrogen-bond acceptors (Lipinski definition) is 6. The van der Waals surface area contributed by atoms with Crippen molar-refractivity contribution < 1.29 is 9.47 Å². The van der Waals surface area contributed by atoms with Crippen LogP contribution in [0.3, 0.4) is 0 Å². The first kappa shape index (κ1) is 31.4. The summed E-state index contributed by atoms with van der Waals surface area (Å²) in [5.41, 5.74) is 13.3. The van der Waals surface area contributed by atoms with Gasteiger partial charge < -0.3 is 19.3 Å². The molecule has 268 valence electrons. The molecular formula is C50H28B2N2O2S2. The van der Waals surface area contributed by atoms with Crippen LogP contribution < -0.4 is 52.1 Å². The van der Waals surface area contributed by atoms with E-state index in [0.29, 0.717) is 0 Å². The summed E-state index contributed by atoms with van der Waals surface area (Å²) in [6.07, 6.45) is 0. The highest BCUT2D eigenvalue weighted by Gasteiger charge is 2.45. The Balaban J connectivity index is 0.996. The van der Waals surface area contributed by atoms with Crippen LogP contribution in [0.1, 0.15) is 0 Å². The van der Waals surface area contributed by atoms with Gasteiger partial charge in [0.2, 0.25) is 0 Å². The van der Waals surface area contributed by atoms with Gasteiger partial charge in [0.05, 0.1) is 5.00 Å². The third-order valence-electron chi connectivity index (χ3n) is 12.6. The van der Waals surface area contributed by atoms with Gasteiger partial charge in [0, 0.05) is 53.3 Å². The van der Waals surface area contributed by atoms with Gasteiger partial charge in [-0.15, -0.1) is 22.7 Å². The topological polar surface area (TPSA) is 24.9 Å². The van der Waals surface area contributed by atoms with E-state index >= 15 is 0 Å². The minimum absolute atomic E-state index is 0.0185. The van der Waals surface area contributed by atoms with E-state index in [-0.39, 0.29) is 13.4 Å². The fourth-order valence-corrected chi connectivity index (χ4v) is 12.6. The summed E-state index contributed by atoms with van der Waals surface area (Å²) in [4.78, 5) is 4.84. The Bertz CT molecular complexity index is 3400. The van der Waals surface area contributed by atoms with Gasteiger partial charge in [0.15, 0.2) is 0 Å². The molecule has 0 atom stereocenters. The van der Waals surface area contributed by atoms with E-state index in [9.17, 15) is 0 Å². The molecule has 0 unspecified atom stereocenters. The second-order valence-electron chi connectivity index (χ2n) is 15.5. The number of hydrogen-bond donors (Lipinski definition) is 0. The predicted molar refractivity (Wildman–Crippen MR) is 246 cm³/mol. The first-order chi connectivity index (χ1) is 28.8. The van der Waals surface area contributed by atoms with Crippen molar-refractivity contribution in [2.75, 3.05) is 9.80 Å². The first-order valence-electron chi connectivity index (χ1n) is 19.7. The molecule has 14 rings (SSSR count). The van der Waals surface area contributed by atoms with Crippen molar-refractivity contribution in [3.8, 4) is 23.0 Å². The fraction of sp³-hybridized carbons (Fsp3) is 0. The summed E-state index contributed by atoms with van der Waals surface area (Å²) in [6.45, 7) is 0.0490. The molecule has 8 heteroatoms. The van der Waals surface area contributed by atoms with E-state index in [2.05, 4.69) is 180 Å². The lowest BCUT2D eigenvalue weighted by molar-refractivity contribution is 0.488. The fourth-order valence-electron chi connectivity index (χ4n) is 10.2. The molecule has 0 saturated heterocycles. The Hall–Kier alpha value is -6.73. The van der Waals surface area contributed by atoms with Crippen molar-refractivity contribution in [2.45, 2.75) is 0 Å². The lowest BCUT2D eigenvalue weighted by Crippen LogP contribution is -2.59. The predicted octanol–water partition coefficient (Wildman–Crippen LogP) is 10.1. The van der Waals surface area contributed by atoms with Crippen LogP contribution in [0.2, 0.25) is 0 Å². The molecule has 6 heterocycles. The summed E-state index contributed by atoms with van der Waals surface area (Å²) in [7, 11) is 0. The highest BCUT2D eigenvalue weighted by Crippen LogP contribution is 2.48. The van der Waals surface area contributed by atoms with Gasteiger partial charge in [0.25, 0.3) is 13.4 Å². The summed E-state index contributed by atoms with van der Waals surface area (Å²) in [6, 6.07) is 61.7. The number of nitrogens with zero attached hydrogens (tertiary/aromatic N) is 2. The van der Waals surface area contributed by atoms with Crippen LogP contribution in [0.5, 0.6) is 23.0 Å². The lowest BCUT2D eigenvalue weighted by Gasteiger charge is -2.39. The van der Waals surface area contributed by atoms with Gasteiger partial charge in [-0.25, -0.2) is 0 Å². The lowest BCUT2D eigenvalue weighted by atomic mass is 9.34. The largest absolute Gasteiger partial charge is 0.458 e. The number of fused-ring (bicyclic) bond motifs is 13. The van der Waals surface area contributed by atoms with Crippen molar-refractivity contribution in [3.63, 3.8) is 0 Å². The molecule has 0 bridgehead atoms. The monoisotopic (exact) mass is 774 g/mol. The third-order valence-corrected chi connectivity index (χ3v) is 14.9. The molecule has 58 heavy (non-hydrogen) atoms. The normalized spacial score (nSPS) is 14.0. The standard InChI is InChI=1S/C50H28B2N2O2S2/c1-3-13-29(14-4-1)53-37-19-9-8-18-34(37)51-35-25-32-33-26-36-43(28-46(33)57-45(32)27-42(35)55-40-22-11-20-38(53)48(40)51)56-41-23-12-21-39-49(41)52(36)47-31-17-7-10-24-44(31)58-50(47)54(39)30-15-5-2-6-16-30/h1-28H. The van der Waals surface area contributed by atoms with E-state index in [1.807, 2.05) is 22.7 Å². The van der Waals surface area contributed by atoms with Crippen molar-refractivity contribution >= 4 is 133 Å². The minimum Gasteiger partial charge on any atom is -0.458 e. The van der Waals surface area contributed by atoms with E-state index in [0.717, 1.165) is 40.1 Å². The molecule has 10 aromatic rings. The molecule has 4 aliphatic heterocycles. The van der Waals surface area contributed by atoms with Crippen LogP contribution >= 0.6 is 22.7 Å². The molecule has 8 aromatic carbocycles. The SMILES string of the molecule is c1ccc(N2c3ccccc3B3c4cc5c(cc4Oc4cccc2c43)sc2cc3c(cc25)B2c4c(cccc4N(c4ccccc4)c4sc5ccccc5c42)O3)cc1. The zero-order valence-electron chi connectivity index (χ0n) is 30.8. The van der Waals surface area contributed by atoms with Crippen LogP contribution in [0, 0.1) is 0 Å². The average molecular weight is 775 g/mol. The molecule has 0 aliphatic carbocycles. The Morgan fingerprint density at radius 3 is 1.62 bits per heavy atom. The Morgan fingerprint density at radius 1 is 0.362 bits per heavy atom. The van der Waals surface area contributed by atoms with Crippen LogP contribution in [-0.2, 0) is 0 Å². The van der Waals surface area contributed by atoms with Gasteiger partial charge >= 0.3 is 0 Å². The van der Waals surface area contributed by atoms with Gasteiger partial charge in [-0.2, -0.15) is 0 Å². The molecule has 4 aliphatic rings. The van der Waals surface area contributed by atoms with Gasteiger partial charge in [-0.3, -0.25) is 0 Å². The first-order valence-corrected chi connectivity index (χ1v) is 21.4. The molecule has 0 saturated carbocycles. The van der Waals surface area contributed by atoms with Crippen molar-refractivity contribution in [3.05, 3.63) is 170 Å². The Kier molecular flexibility index (Phi) is 6.19. The molecule has 0 radical (unpaired) electrons. The highest BCUT2D eigenvalue weighted by atomic mass is 32.1. The van der Waals surface area contributed by atoms with Gasteiger partial charge in [0.1, 0.15) is 23.0 Å². The van der Waals surface area contributed by atoms with Crippen molar-refractivity contribution in [2.24, 2.45) is 0 Å². The molecule has 2 aromatic heterocycles. The number of para-hydroxylation sites is 3. The maximum Gasteiger partial charge on any atom is 0.258 e. The van der Waals surface area contributed by atoms with Crippen LogP contribution in [0.25, 0.3) is 30.3 Å². The van der Waals surface area contributed by atoms with Crippen LogP contribution in [0.15, 0.2) is 170 Å². The van der Waals surface area contributed by atoms with E-state index in [1.165, 1.54) is 79.4 Å². The van der Waals surface area contributed by atoms with Gasteiger partial charge in [-0.1, -0.05) is 97.1 Å². The number of anilines is 6. The van der Waals surface area contributed by atoms with Crippen molar-refractivity contribution in [1.82, 2.24) is 0 Å². The zero-order chi connectivity index (χ0) is 37.6. The minimum atomic E-state index is 0.0185. The third kappa shape index (κ3) is 4.10. The summed E-state index contributed by atoms with van der Waals surface area (Å²) >= 11 is 3.70. The van der Waals surface area contributed by atoms with E-state index < -0.39 is 0 Å². The van der Waals surface area contributed by atoms with Crippen molar-refractivity contribution in [1.29, 1.82) is 0 Å². The second-order valence-corrected chi connectivity index (χ2v) is 17.7. The average Bonchev–Trinajstić information content (AvgIpc) is 3.82. The maximum absolute atomic E-state index is 6.95. The zero-order valence-corrected chi connectivity index (χ0v) is 32.5. The second kappa shape index (κ2) is 11.4. The Labute approximate surface area is 342 Å². The quantitative estimate of drug-likeness (QED) is 0.163.